The molecular weight excluding hydrogens is 346 g/mol. The number of carboxylic acids is 1. The number of rotatable bonds is 8. The molecule has 1 heterocycles. The zero-order chi connectivity index (χ0) is 19.6. The Labute approximate surface area is 160 Å². The zero-order valence-corrected chi connectivity index (χ0v) is 15.9. The topological polar surface area (TPSA) is 98.7 Å². The van der Waals surface area contributed by atoms with Crippen LogP contribution in [-0.2, 0) is 11.3 Å². The van der Waals surface area contributed by atoms with Crippen molar-refractivity contribution in [1.29, 1.82) is 0 Å². The molecule has 7 heteroatoms. The summed E-state index contributed by atoms with van der Waals surface area (Å²) in [5.74, 6) is -0.859. The Bertz CT molecular complexity index is 637. The van der Waals surface area contributed by atoms with Crippen LogP contribution in [0.15, 0.2) is 24.3 Å². The van der Waals surface area contributed by atoms with E-state index in [0.29, 0.717) is 26.1 Å². The molecule has 1 aromatic rings. The number of hydrogen-bond donors (Lipinski definition) is 3. The van der Waals surface area contributed by atoms with Gasteiger partial charge in [0.2, 0.25) is 5.91 Å². The molecule has 1 aliphatic heterocycles. The molecule has 0 bridgehead atoms. The van der Waals surface area contributed by atoms with Crippen LogP contribution < -0.4 is 10.6 Å². The third-order valence-corrected chi connectivity index (χ3v) is 4.80. The van der Waals surface area contributed by atoms with Crippen molar-refractivity contribution in [3.63, 3.8) is 0 Å². The first-order chi connectivity index (χ1) is 13.0. The molecule has 0 aromatic heterocycles. The summed E-state index contributed by atoms with van der Waals surface area (Å²) in [7, 11) is 0. The highest BCUT2D eigenvalue weighted by molar-refractivity contribution is 5.87. The number of urea groups is 1. The predicted octanol–water partition coefficient (Wildman–Crippen LogP) is 2.76. The molecule has 2 rings (SSSR count). The lowest BCUT2D eigenvalue weighted by molar-refractivity contribution is -0.122. The number of nitrogens with zero attached hydrogens (tertiary/aromatic N) is 1. The predicted molar refractivity (Wildman–Crippen MR) is 103 cm³/mol. The molecule has 3 N–H and O–H groups in total. The fraction of sp³-hybridized carbons (Fsp3) is 0.550. The van der Waals surface area contributed by atoms with Gasteiger partial charge in [-0.2, -0.15) is 0 Å². The van der Waals surface area contributed by atoms with Crippen LogP contribution in [-0.4, -0.2) is 47.0 Å². The number of aromatic carboxylic acids is 1. The van der Waals surface area contributed by atoms with Gasteiger partial charge in [0.1, 0.15) is 0 Å². The van der Waals surface area contributed by atoms with E-state index in [2.05, 4.69) is 17.6 Å². The second-order valence-corrected chi connectivity index (χ2v) is 6.95. The van der Waals surface area contributed by atoms with Crippen molar-refractivity contribution >= 4 is 17.9 Å². The highest BCUT2D eigenvalue weighted by Gasteiger charge is 2.23. The number of benzene rings is 1. The molecule has 1 aromatic carbocycles. The molecule has 0 saturated carbocycles. The number of amides is 3. The van der Waals surface area contributed by atoms with Crippen LogP contribution in [0.4, 0.5) is 4.79 Å². The summed E-state index contributed by atoms with van der Waals surface area (Å²) in [6.45, 7) is 3.70. The maximum atomic E-state index is 12.3. The van der Waals surface area contributed by atoms with Gasteiger partial charge in [-0.25, -0.2) is 9.59 Å². The molecule has 0 radical (unpaired) electrons. The van der Waals surface area contributed by atoms with Crippen molar-refractivity contribution in [2.45, 2.75) is 58.0 Å². The molecule has 148 valence electrons. The smallest absolute Gasteiger partial charge is 0.335 e. The van der Waals surface area contributed by atoms with Crippen LogP contribution in [0.2, 0.25) is 0 Å². The quantitative estimate of drug-likeness (QED) is 0.609. The lowest BCUT2D eigenvalue weighted by Crippen LogP contribution is -2.49. The first kappa shape index (κ1) is 20.7. The zero-order valence-electron chi connectivity index (χ0n) is 15.9. The van der Waals surface area contributed by atoms with Crippen LogP contribution in [0, 0.1) is 0 Å². The Hall–Kier alpha value is -2.57. The lowest BCUT2D eigenvalue weighted by atomic mass is 10.0. The third-order valence-electron chi connectivity index (χ3n) is 4.80. The summed E-state index contributed by atoms with van der Waals surface area (Å²) >= 11 is 0. The molecular formula is C20H29N3O4. The lowest BCUT2D eigenvalue weighted by Gasteiger charge is -2.32. The maximum absolute atomic E-state index is 12.3. The number of carbonyl (C=O) groups is 3. The number of likely N-dealkylation sites (tertiary alicyclic amines) is 1. The molecule has 0 atom stereocenters. The molecule has 1 saturated heterocycles. The molecule has 0 aliphatic carbocycles. The summed E-state index contributed by atoms with van der Waals surface area (Å²) in [5, 5.41) is 14.8. The van der Waals surface area contributed by atoms with Gasteiger partial charge in [0.15, 0.2) is 0 Å². The van der Waals surface area contributed by atoms with Gasteiger partial charge in [-0.05, 0) is 37.0 Å². The van der Waals surface area contributed by atoms with E-state index in [1.807, 2.05) is 0 Å². The van der Waals surface area contributed by atoms with E-state index in [-0.39, 0.29) is 23.5 Å². The molecule has 3 amide bonds. The van der Waals surface area contributed by atoms with E-state index in [0.717, 1.165) is 37.7 Å². The molecule has 0 unspecified atom stereocenters. The largest absolute Gasteiger partial charge is 0.478 e. The summed E-state index contributed by atoms with van der Waals surface area (Å²) in [5.41, 5.74) is 1.08. The van der Waals surface area contributed by atoms with Crippen molar-refractivity contribution in [3.8, 4) is 0 Å². The molecule has 1 aliphatic rings. The van der Waals surface area contributed by atoms with Crippen molar-refractivity contribution in [2.75, 3.05) is 13.1 Å². The van der Waals surface area contributed by atoms with Crippen LogP contribution in [0.25, 0.3) is 0 Å². The van der Waals surface area contributed by atoms with Crippen LogP contribution in [0.5, 0.6) is 0 Å². The van der Waals surface area contributed by atoms with Crippen LogP contribution in [0.1, 0.15) is 61.4 Å². The minimum atomic E-state index is -0.967. The number of nitrogens with one attached hydrogen (secondary N) is 2. The first-order valence-electron chi connectivity index (χ1n) is 9.64. The number of piperidine rings is 1. The molecule has 7 nitrogen and oxygen atoms in total. The Morgan fingerprint density at radius 3 is 2.37 bits per heavy atom. The van der Waals surface area contributed by atoms with E-state index < -0.39 is 5.97 Å². The van der Waals surface area contributed by atoms with Crippen LogP contribution in [0.3, 0.4) is 0 Å². The van der Waals surface area contributed by atoms with Gasteiger partial charge in [0.25, 0.3) is 0 Å². The maximum Gasteiger partial charge on any atom is 0.335 e. The van der Waals surface area contributed by atoms with Crippen molar-refractivity contribution in [3.05, 3.63) is 35.4 Å². The van der Waals surface area contributed by atoms with Gasteiger partial charge in [-0.1, -0.05) is 31.9 Å². The SMILES string of the molecule is CCCCCC(=O)NC1CCN(C(=O)NCc2ccc(C(=O)O)cc2)CC1. The second kappa shape index (κ2) is 10.5. The van der Waals surface area contributed by atoms with Crippen LogP contribution >= 0.6 is 0 Å². The van der Waals surface area contributed by atoms with Crippen molar-refractivity contribution < 1.29 is 19.5 Å². The highest BCUT2D eigenvalue weighted by atomic mass is 16.4. The Balaban J connectivity index is 1.68. The minimum Gasteiger partial charge on any atom is -0.478 e. The van der Waals surface area contributed by atoms with E-state index >= 15 is 0 Å². The second-order valence-electron chi connectivity index (χ2n) is 6.95. The summed E-state index contributed by atoms with van der Waals surface area (Å²) in [6, 6.07) is 6.46. The number of hydrogen-bond acceptors (Lipinski definition) is 3. The Morgan fingerprint density at radius 2 is 1.78 bits per heavy atom. The van der Waals surface area contributed by atoms with Crippen molar-refractivity contribution in [1.82, 2.24) is 15.5 Å². The van der Waals surface area contributed by atoms with Gasteiger partial charge in [0.05, 0.1) is 5.56 Å². The van der Waals surface area contributed by atoms with Gasteiger partial charge in [-0.15, -0.1) is 0 Å². The monoisotopic (exact) mass is 375 g/mol. The normalized spacial score (nSPS) is 14.6. The number of carboxylic acid groups (broad SMARTS) is 1. The van der Waals surface area contributed by atoms with Crippen molar-refractivity contribution in [2.24, 2.45) is 0 Å². The van der Waals surface area contributed by atoms with E-state index in [9.17, 15) is 14.4 Å². The molecule has 0 spiro atoms. The average molecular weight is 375 g/mol. The standard InChI is InChI=1S/C20H29N3O4/c1-2-3-4-5-18(24)22-17-10-12-23(13-11-17)20(27)21-14-15-6-8-16(9-7-15)19(25)26/h6-9,17H,2-5,10-14H2,1H3,(H,21,27)(H,22,24)(H,25,26). The molecule has 27 heavy (non-hydrogen) atoms. The van der Waals surface area contributed by atoms with E-state index in [1.54, 1.807) is 17.0 Å². The molecule has 1 fully saturated rings. The Kier molecular flexibility index (Phi) is 8.10. The third kappa shape index (κ3) is 6.92. The number of carbonyl (C=O) groups excluding carboxylic acids is 2. The fourth-order valence-corrected chi connectivity index (χ4v) is 3.12. The van der Waals surface area contributed by atoms with Gasteiger partial charge in [-0.3, -0.25) is 4.79 Å². The Morgan fingerprint density at radius 1 is 1.11 bits per heavy atom. The average Bonchev–Trinajstić information content (AvgIpc) is 2.67. The van der Waals surface area contributed by atoms with Gasteiger partial charge >= 0.3 is 12.0 Å². The highest BCUT2D eigenvalue weighted by Crippen LogP contribution is 2.12. The number of unbranched alkanes of at least 4 members (excludes halogenated alkanes) is 2. The summed E-state index contributed by atoms with van der Waals surface area (Å²) < 4.78 is 0. The van der Waals surface area contributed by atoms with E-state index in [1.165, 1.54) is 12.1 Å². The summed E-state index contributed by atoms with van der Waals surface area (Å²) in [4.78, 5) is 36.8. The fourth-order valence-electron chi connectivity index (χ4n) is 3.12. The van der Waals surface area contributed by atoms with Gasteiger partial charge in [0, 0.05) is 32.1 Å². The van der Waals surface area contributed by atoms with E-state index in [4.69, 9.17) is 5.11 Å². The van der Waals surface area contributed by atoms with Gasteiger partial charge < -0.3 is 20.6 Å². The first-order valence-corrected chi connectivity index (χ1v) is 9.64. The summed E-state index contributed by atoms with van der Waals surface area (Å²) in [6.07, 6.45) is 5.21. The minimum absolute atomic E-state index is 0.108.